The standard InChI is InChI=1S/C22H17ClN2O3S/c1-27-15-9-14(10-16(12-15)28-2)21(26)24-19-11-13(7-8-17(19)23)22-25-18-5-3-4-6-20(18)29-22/h3-12H,1-2H3,(H,24,26). The average Bonchev–Trinajstić information content (AvgIpc) is 3.19. The number of halogens is 1. The van der Waals surface area contributed by atoms with E-state index in [0.717, 1.165) is 20.8 Å². The van der Waals surface area contributed by atoms with Crippen molar-refractivity contribution in [2.75, 3.05) is 19.5 Å². The van der Waals surface area contributed by atoms with E-state index < -0.39 is 0 Å². The van der Waals surface area contributed by atoms with Crippen molar-refractivity contribution < 1.29 is 14.3 Å². The molecule has 4 rings (SSSR count). The smallest absolute Gasteiger partial charge is 0.255 e. The Morgan fingerprint density at radius 1 is 1.00 bits per heavy atom. The molecule has 1 aromatic heterocycles. The van der Waals surface area contributed by atoms with E-state index in [2.05, 4.69) is 10.3 Å². The molecule has 0 atom stereocenters. The number of methoxy groups -OCH3 is 2. The van der Waals surface area contributed by atoms with Crippen molar-refractivity contribution >= 4 is 44.7 Å². The minimum Gasteiger partial charge on any atom is -0.497 e. The second kappa shape index (κ2) is 8.11. The van der Waals surface area contributed by atoms with E-state index in [1.807, 2.05) is 36.4 Å². The molecule has 7 heteroatoms. The van der Waals surface area contributed by atoms with Crippen molar-refractivity contribution in [3.8, 4) is 22.1 Å². The number of fused-ring (bicyclic) bond motifs is 1. The third-order valence-electron chi connectivity index (χ3n) is 4.37. The fourth-order valence-electron chi connectivity index (χ4n) is 2.88. The minimum absolute atomic E-state index is 0.314. The number of rotatable bonds is 5. The topological polar surface area (TPSA) is 60.5 Å². The molecular formula is C22H17ClN2O3S. The van der Waals surface area contributed by atoms with Crippen LogP contribution < -0.4 is 14.8 Å². The first-order valence-electron chi connectivity index (χ1n) is 8.77. The molecule has 1 heterocycles. The maximum absolute atomic E-state index is 12.8. The lowest BCUT2D eigenvalue weighted by atomic mass is 10.1. The van der Waals surface area contributed by atoms with Crippen molar-refractivity contribution in [1.29, 1.82) is 0 Å². The van der Waals surface area contributed by atoms with E-state index in [1.165, 1.54) is 14.2 Å². The lowest BCUT2D eigenvalue weighted by Gasteiger charge is -2.11. The Hall–Kier alpha value is -3.09. The number of hydrogen-bond donors (Lipinski definition) is 1. The van der Waals surface area contributed by atoms with Gasteiger partial charge in [0, 0.05) is 17.2 Å². The number of para-hydroxylation sites is 1. The maximum atomic E-state index is 12.8. The second-order valence-electron chi connectivity index (χ2n) is 6.24. The highest BCUT2D eigenvalue weighted by atomic mass is 35.5. The second-order valence-corrected chi connectivity index (χ2v) is 7.67. The Bertz CT molecular complexity index is 1150. The van der Waals surface area contributed by atoms with Crippen LogP contribution in [0.15, 0.2) is 60.7 Å². The molecule has 29 heavy (non-hydrogen) atoms. The molecule has 0 unspecified atom stereocenters. The third kappa shape index (κ3) is 4.04. The zero-order chi connectivity index (χ0) is 20.4. The van der Waals surface area contributed by atoms with Gasteiger partial charge in [0.05, 0.1) is 35.1 Å². The number of ether oxygens (including phenoxy) is 2. The molecule has 0 spiro atoms. The molecule has 0 radical (unpaired) electrons. The summed E-state index contributed by atoms with van der Waals surface area (Å²) in [6.07, 6.45) is 0. The van der Waals surface area contributed by atoms with Gasteiger partial charge < -0.3 is 14.8 Å². The molecule has 0 aliphatic rings. The number of thiazole rings is 1. The van der Waals surface area contributed by atoms with Crippen LogP contribution >= 0.6 is 22.9 Å². The summed E-state index contributed by atoms with van der Waals surface area (Å²) in [4.78, 5) is 17.5. The lowest BCUT2D eigenvalue weighted by molar-refractivity contribution is 0.102. The Labute approximate surface area is 176 Å². The number of carbonyl (C=O) groups is 1. The van der Waals surface area contributed by atoms with Crippen molar-refractivity contribution in [2.24, 2.45) is 0 Å². The maximum Gasteiger partial charge on any atom is 0.255 e. The number of benzene rings is 3. The molecule has 3 aromatic carbocycles. The summed E-state index contributed by atoms with van der Waals surface area (Å²) in [6, 6.07) is 18.4. The van der Waals surface area contributed by atoms with Gasteiger partial charge in [-0.25, -0.2) is 4.98 Å². The van der Waals surface area contributed by atoms with Crippen LogP contribution in [-0.2, 0) is 0 Å². The molecule has 1 N–H and O–H groups in total. The molecular weight excluding hydrogens is 408 g/mol. The van der Waals surface area contributed by atoms with Crippen molar-refractivity contribution in [2.45, 2.75) is 0 Å². The third-order valence-corrected chi connectivity index (χ3v) is 5.78. The number of carbonyl (C=O) groups excluding carboxylic acids is 1. The first kappa shape index (κ1) is 19.2. The zero-order valence-electron chi connectivity index (χ0n) is 15.7. The van der Waals surface area contributed by atoms with Gasteiger partial charge in [-0.2, -0.15) is 0 Å². The zero-order valence-corrected chi connectivity index (χ0v) is 17.3. The number of aromatic nitrogens is 1. The molecule has 4 aromatic rings. The van der Waals surface area contributed by atoms with Gasteiger partial charge in [0.15, 0.2) is 0 Å². The van der Waals surface area contributed by atoms with E-state index >= 15 is 0 Å². The Kier molecular flexibility index (Phi) is 5.38. The number of nitrogens with one attached hydrogen (secondary N) is 1. The number of anilines is 1. The number of nitrogens with zero attached hydrogens (tertiary/aromatic N) is 1. The molecule has 146 valence electrons. The van der Waals surface area contributed by atoms with E-state index in [1.54, 1.807) is 35.6 Å². The van der Waals surface area contributed by atoms with E-state index in [4.69, 9.17) is 21.1 Å². The highest BCUT2D eigenvalue weighted by molar-refractivity contribution is 7.21. The van der Waals surface area contributed by atoms with Crippen LogP contribution in [0.2, 0.25) is 5.02 Å². The van der Waals surface area contributed by atoms with Gasteiger partial charge in [-0.05, 0) is 36.4 Å². The molecule has 0 aliphatic heterocycles. The molecule has 0 bridgehead atoms. The number of amides is 1. The summed E-state index contributed by atoms with van der Waals surface area (Å²) >= 11 is 7.92. The Morgan fingerprint density at radius 2 is 1.72 bits per heavy atom. The van der Waals surface area contributed by atoms with Crippen LogP contribution in [-0.4, -0.2) is 25.1 Å². The van der Waals surface area contributed by atoms with Gasteiger partial charge in [0.1, 0.15) is 16.5 Å². The molecule has 1 amide bonds. The highest BCUT2D eigenvalue weighted by Gasteiger charge is 2.14. The molecule has 0 aliphatic carbocycles. The van der Waals surface area contributed by atoms with Crippen molar-refractivity contribution in [1.82, 2.24) is 4.98 Å². The van der Waals surface area contributed by atoms with E-state index in [-0.39, 0.29) is 5.91 Å². The SMILES string of the molecule is COc1cc(OC)cc(C(=O)Nc2cc(-c3nc4ccccc4s3)ccc2Cl)c1. The fraction of sp³-hybridized carbons (Fsp3) is 0.0909. The predicted molar refractivity (Wildman–Crippen MR) is 118 cm³/mol. The van der Waals surface area contributed by atoms with Gasteiger partial charge in [-0.1, -0.05) is 29.8 Å². The van der Waals surface area contributed by atoms with Gasteiger partial charge in [-0.15, -0.1) is 11.3 Å². The Morgan fingerprint density at radius 3 is 2.41 bits per heavy atom. The minimum atomic E-state index is -0.314. The van der Waals surface area contributed by atoms with Crippen LogP contribution in [0.25, 0.3) is 20.8 Å². The van der Waals surface area contributed by atoms with E-state index in [0.29, 0.717) is 27.8 Å². The monoisotopic (exact) mass is 424 g/mol. The summed E-state index contributed by atoms with van der Waals surface area (Å²) in [6.45, 7) is 0. The van der Waals surface area contributed by atoms with Crippen LogP contribution in [0.1, 0.15) is 10.4 Å². The van der Waals surface area contributed by atoms with Crippen molar-refractivity contribution in [3.63, 3.8) is 0 Å². The summed E-state index contributed by atoms with van der Waals surface area (Å²) in [5, 5.41) is 4.17. The summed E-state index contributed by atoms with van der Waals surface area (Å²) < 4.78 is 11.6. The van der Waals surface area contributed by atoms with Crippen LogP contribution in [0, 0.1) is 0 Å². The highest BCUT2D eigenvalue weighted by Crippen LogP contribution is 2.34. The normalized spacial score (nSPS) is 10.7. The van der Waals surface area contributed by atoms with Gasteiger partial charge in [0.2, 0.25) is 0 Å². The van der Waals surface area contributed by atoms with Crippen molar-refractivity contribution in [3.05, 3.63) is 71.2 Å². The fourth-order valence-corrected chi connectivity index (χ4v) is 4.01. The quantitative estimate of drug-likeness (QED) is 0.434. The average molecular weight is 425 g/mol. The summed E-state index contributed by atoms with van der Waals surface area (Å²) in [5.74, 6) is 0.748. The lowest BCUT2D eigenvalue weighted by Crippen LogP contribution is -2.12. The predicted octanol–water partition coefficient (Wildman–Crippen LogP) is 5.89. The van der Waals surface area contributed by atoms with Crippen LogP contribution in [0.4, 0.5) is 5.69 Å². The van der Waals surface area contributed by atoms with Gasteiger partial charge >= 0.3 is 0 Å². The molecule has 0 saturated carbocycles. The number of hydrogen-bond acceptors (Lipinski definition) is 5. The summed E-state index contributed by atoms with van der Waals surface area (Å²) in [7, 11) is 3.07. The van der Waals surface area contributed by atoms with Crippen LogP contribution in [0.3, 0.4) is 0 Å². The van der Waals surface area contributed by atoms with Gasteiger partial charge in [-0.3, -0.25) is 4.79 Å². The van der Waals surface area contributed by atoms with Crippen LogP contribution in [0.5, 0.6) is 11.5 Å². The first-order chi connectivity index (χ1) is 14.1. The largest absolute Gasteiger partial charge is 0.497 e. The summed E-state index contributed by atoms with van der Waals surface area (Å²) in [5.41, 5.74) is 2.74. The molecule has 0 fully saturated rings. The molecule has 5 nitrogen and oxygen atoms in total. The Balaban J connectivity index is 1.65. The first-order valence-corrected chi connectivity index (χ1v) is 9.97. The van der Waals surface area contributed by atoms with E-state index in [9.17, 15) is 4.79 Å². The molecule has 0 saturated heterocycles. The van der Waals surface area contributed by atoms with Gasteiger partial charge in [0.25, 0.3) is 5.91 Å².